The number of hydrogen-bond acceptors (Lipinski definition) is 6. The SMILES string of the molecule is COc1cc(C(C)(C)c2cnc(COc3ccc(Cl)c(-c4nn[nH]n4)c3)n2-c2ccc(F)cc2)ccc1Cl. The van der Waals surface area contributed by atoms with E-state index in [-0.39, 0.29) is 12.4 Å². The van der Waals surface area contributed by atoms with Gasteiger partial charge in [-0.15, -0.1) is 10.2 Å². The lowest BCUT2D eigenvalue weighted by atomic mass is 9.81. The number of benzene rings is 3. The van der Waals surface area contributed by atoms with Gasteiger partial charge in [0.05, 0.1) is 22.8 Å². The molecule has 0 unspecified atom stereocenters. The van der Waals surface area contributed by atoms with Gasteiger partial charge in [0.25, 0.3) is 0 Å². The molecule has 3 aromatic carbocycles. The fraction of sp³-hybridized carbons (Fsp3) is 0.185. The highest BCUT2D eigenvalue weighted by molar-refractivity contribution is 6.33. The minimum Gasteiger partial charge on any atom is -0.495 e. The average Bonchev–Trinajstić information content (AvgIpc) is 3.60. The zero-order valence-corrected chi connectivity index (χ0v) is 22.3. The highest BCUT2D eigenvalue weighted by Crippen LogP contribution is 2.38. The molecule has 0 aliphatic carbocycles. The van der Waals surface area contributed by atoms with Gasteiger partial charge in [-0.2, -0.15) is 5.21 Å². The van der Waals surface area contributed by atoms with E-state index in [1.165, 1.54) is 12.1 Å². The molecule has 0 radical (unpaired) electrons. The van der Waals surface area contributed by atoms with Crippen LogP contribution in [0.3, 0.4) is 0 Å². The lowest BCUT2D eigenvalue weighted by Gasteiger charge is -2.28. The maximum absolute atomic E-state index is 13.8. The summed E-state index contributed by atoms with van der Waals surface area (Å²) in [5.74, 6) is 1.78. The Morgan fingerprint density at radius 1 is 1.00 bits per heavy atom. The van der Waals surface area contributed by atoms with Crippen molar-refractivity contribution >= 4 is 23.2 Å². The molecule has 1 N–H and O–H groups in total. The Balaban J connectivity index is 1.53. The van der Waals surface area contributed by atoms with Crippen molar-refractivity contribution in [1.82, 2.24) is 30.2 Å². The number of hydrogen-bond donors (Lipinski definition) is 1. The average molecular weight is 553 g/mol. The van der Waals surface area contributed by atoms with Crippen LogP contribution in [0.25, 0.3) is 17.1 Å². The second-order valence-corrected chi connectivity index (χ2v) is 9.83. The van der Waals surface area contributed by atoms with Crippen molar-refractivity contribution in [3.05, 3.63) is 99.8 Å². The predicted octanol–water partition coefficient (Wildman–Crippen LogP) is 6.41. The minimum atomic E-state index is -0.524. The third-order valence-corrected chi connectivity index (χ3v) is 6.97. The molecule has 2 heterocycles. The molecule has 11 heteroatoms. The number of aromatic amines is 1. The van der Waals surface area contributed by atoms with Crippen molar-refractivity contribution < 1.29 is 13.9 Å². The van der Waals surface area contributed by atoms with Crippen LogP contribution in [0.2, 0.25) is 10.0 Å². The summed E-state index contributed by atoms with van der Waals surface area (Å²) in [6.45, 7) is 4.28. The van der Waals surface area contributed by atoms with E-state index in [2.05, 4.69) is 34.5 Å². The number of nitrogens with one attached hydrogen (secondary N) is 1. The number of nitrogens with zero attached hydrogens (tertiary/aromatic N) is 5. The van der Waals surface area contributed by atoms with Gasteiger partial charge in [-0.05, 0) is 65.4 Å². The summed E-state index contributed by atoms with van der Waals surface area (Å²) < 4.78 is 27.3. The summed E-state index contributed by atoms with van der Waals surface area (Å²) in [4.78, 5) is 4.69. The van der Waals surface area contributed by atoms with Crippen molar-refractivity contribution in [1.29, 1.82) is 0 Å². The van der Waals surface area contributed by atoms with Crippen LogP contribution in [0.1, 0.15) is 30.9 Å². The predicted molar refractivity (Wildman–Crippen MR) is 143 cm³/mol. The third kappa shape index (κ3) is 4.94. The normalized spacial score (nSPS) is 11.5. The van der Waals surface area contributed by atoms with E-state index < -0.39 is 5.41 Å². The highest BCUT2D eigenvalue weighted by atomic mass is 35.5. The van der Waals surface area contributed by atoms with Crippen LogP contribution < -0.4 is 9.47 Å². The fourth-order valence-electron chi connectivity index (χ4n) is 4.20. The summed E-state index contributed by atoms with van der Waals surface area (Å²) in [7, 11) is 1.58. The smallest absolute Gasteiger partial charge is 0.206 e. The molecule has 194 valence electrons. The maximum atomic E-state index is 13.8. The Kier molecular flexibility index (Phi) is 7.05. The van der Waals surface area contributed by atoms with Crippen molar-refractivity contribution in [2.24, 2.45) is 0 Å². The first kappa shape index (κ1) is 25.7. The Bertz CT molecular complexity index is 1570. The standard InChI is InChI=1S/C27H23Cl2FN6O2/c1-27(2,16-4-10-22(29)23(12-16)37-3)24-14-31-25(36(24)18-7-5-17(30)6-8-18)15-38-19-9-11-21(28)20(13-19)26-32-34-35-33-26/h4-14H,15H2,1-3H3,(H,32,33,34,35). The second-order valence-electron chi connectivity index (χ2n) is 9.01. The molecule has 0 spiro atoms. The van der Waals surface area contributed by atoms with Crippen LogP contribution in [-0.4, -0.2) is 37.3 Å². The van der Waals surface area contributed by atoms with E-state index in [1.807, 2.05) is 22.8 Å². The van der Waals surface area contributed by atoms with E-state index in [4.69, 9.17) is 37.7 Å². The van der Waals surface area contributed by atoms with Gasteiger partial charge in [0, 0.05) is 22.9 Å². The minimum absolute atomic E-state index is 0.130. The molecule has 0 bridgehead atoms. The van der Waals surface area contributed by atoms with E-state index >= 15 is 0 Å². The molecule has 0 saturated heterocycles. The second kappa shape index (κ2) is 10.4. The fourth-order valence-corrected chi connectivity index (χ4v) is 4.59. The summed E-state index contributed by atoms with van der Waals surface area (Å²) in [6, 6.07) is 17.1. The van der Waals surface area contributed by atoms with Gasteiger partial charge < -0.3 is 9.47 Å². The molecule has 5 rings (SSSR count). The van der Waals surface area contributed by atoms with Crippen LogP contribution in [0.15, 0.2) is 66.9 Å². The first-order chi connectivity index (χ1) is 18.3. The Morgan fingerprint density at radius 2 is 1.76 bits per heavy atom. The molecule has 0 saturated carbocycles. The van der Waals surface area contributed by atoms with Gasteiger partial charge in [-0.3, -0.25) is 4.57 Å². The third-order valence-electron chi connectivity index (χ3n) is 6.32. The van der Waals surface area contributed by atoms with Crippen LogP contribution in [0.4, 0.5) is 4.39 Å². The first-order valence-corrected chi connectivity index (χ1v) is 12.4. The quantitative estimate of drug-likeness (QED) is 0.239. The monoisotopic (exact) mass is 552 g/mol. The molecular formula is C27H23Cl2FN6O2. The van der Waals surface area contributed by atoms with Crippen LogP contribution >= 0.6 is 23.2 Å². The number of ether oxygens (including phenoxy) is 2. The summed E-state index contributed by atoms with van der Waals surface area (Å²) in [5, 5.41) is 15.0. The molecule has 0 aliphatic rings. The molecule has 0 aliphatic heterocycles. The van der Waals surface area contributed by atoms with E-state index in [0.717, 1.165) is 16.9 Å². The van der Waals surface area contributed by atoms with Crippen LogP contribution in [-0.2, 0) is 12.0 Å². The number of imidazole rings is 1. The number of tetrazole rings is 1. The van der Waals surface area contributed by atoms with Gasteiger partial charge in [0.15, 0.2) is 5.82 Å². The summed E-state index contributed by atoms with van der Waals surface area (Å²) >= 11 is 12.6. The van der Waals surface area contributed by atoms with Gasteiger partial charge in [-0.25, -0.2) is 9.37 Å². The zero-order valence-electron chi connectivity index (χ0n) is 20.7. The molecule has 0 atom stereocenters. The highest BCUT2D eigenvalue weighted by Gasteiger charge is 2.30. The summed E-state index contributed by atoms with van der Waals surface area (Å²) in [5.41, 5.74) is 2.64. The van der Waals surface area contributed by atoms with Gasteiger partial charge in [-0.1, -0.05) is 43.1 Å². The number of H-pyrrole nitrogens is 1. The van der Waals surface area contributed by atoms with Crippen LogP contribution in [0, 0.1) is 5.82 Å². The molecule has 5 aromatic rings. The van der Waals surface area contributed by atoms with Gasteiger partial charge >= 0.3 is 0 Å². The zero-order chi connectivity index (χ0) is 26.9. The van der Waals surface area contributed by atoms with Gasteiger partial charge in [0.2, 0.25) is 5.82 Å². The Hall–Kier alpha value is -3.95. The number of aromatic nitrogens is 6. The molecular weight excluding hydrogens is 530 g/mol. The van der Waals surface area contributed by atoms with Crippen molar-refractivity contribution in [2.45, 2.75) is 25.9 Å². The molecule has 0 amide bonds. The van der Waals surface area contributed by atoms with Crippen LogP contribution in [0.5, 0.6) is 11.5 Å². The number of methoxy groups -OCH3 is 1. The molecule has 2 aromatic heterocycles. The molecule has 0 fully saturated rings. The Morgan fingerprint density at radius 3 is 2.47 bits per heavy atom. The van der Waals surface area contributed by atoms with Crippen molar-refractivity contribution in [2.75, 3.05) is 7.11 Å². The lowest BCUT2D eigenvalue weighted by molar-refractivity contribution is 0.293. The maximum Gasteiger partial charge on any atom is 0.206 e. The largest absolute Gasteiger partial charge is 0.495 e. The Labute approximate surface area is 228 Å². The first-order valence-electron chi connectivity index (χ1n) is 11.6. The van der Waals surface area contributed by atoms with E-state index in [9.17, 15) is 4.39 Å². The number of rotatable bonds is 8. The molecule has 38 heavy (non-hydrogen) atoms. The van der Waals surface area contributed by atoms with Crippen molar-refractivity contribution in [3.63, 3.8) is 0 Å². The van der Waals surface area contributed by atoms with E-state index in [1.54, 1.807) is 43.6 Å². The van der Waals surface area contributed by atoms with Crippen molar-refractivity contribution in [3.8, 4) is 28.6 Å². The summed E-state index contributed by atoms with van der Waals surface area (Å²) in [6.07, 6.45) is 1.80. The topological polar surface area (TPSA) is 90.7 Å². The lowest BCUT2D eigenvalue weighted by Crippen LogP contribution is -2.24. The molecule has 8 nitrogen and oxygen atoms in total. The number of halogens is 3. The van der Waals surface area contributed by atoms with E-state index in [0.29, 0.717) is 38.8 Å². The van der Waals surface area contributed by atoms with Gasteiger partial charge in [0.1, 0.15) is 23.9 Å².